The van der Waals surface area contributed by atoms with E-state index in [2.05, 4.69) is 15.4 Å². The second kappa shape index (κ2) is 7.77. The second-order valence-corrected chi connectivity index (χ2v) is 6.53. The lowest BCUT2D eigenvalue weighted by Crippen LogP contribution is -2.52. The number of hydrogen-bond donors (Lipinski definition) is 2. The van der Waals surface area contributed by atoms with Crippen LogP contribution in [0.4, 0.5) is 0 Å². The van der Waals surface area contributed by atoms with Crippen molar-refractivity contribution in [3.8, 4) is 5.69 Å². The number of carbonyl (C=O) groups excluding carboxylic acids is 1. The molecular weight excluding hydrogens is 326 g/mol. The van der Waals surface area contributed by atoms with Crippen molar-refractivity contribution in [2.45, 2.75) is 44.7 Å². The van der Waals surface area contributed by atoms with E-state index >= 15 is 0 Å². The average molecular weight is 350 g/mol. The van der Waals surface area contributed by atoms with Crippen LogP contribution in [0.5, 0.6) is 0 Å². The summed E-state index contributed by atoms with van der Waals surface area (Å²) in [7, 11) is 0. The van der Waals surface area contributed by atoms with Crippen molar-refractivity contribution in [3.05, 3.63) is 42.5 Å². The molecule has 3 rings (SSSR count). The van der Waals surface area contributed by atoms with Crippen molar-refractivity contribution >= 4 is 18.3 Å². The summed E-state index contributed by atoms with van der Waals surface area (Å²) in [6.45, 7) is 2.51. The minimum absolute atomic E-state index is 0. The summed E-state index contributed by atoms with van der Waals surface area (Å²) < 4.78 is 1.70. The van der Waals surface area contributed by atoms with Gasteiger partial charge in [-0.05, 0) is 37.5 Å². The van der Waals surface area contributed by atoms with Crippen LogP contribution >= 0.6 is 12.4 Å². The minimum Gasteiger partial charge on any atom is -0.352 e. The van der Waals surface area contributed by atoms with E-state index in [0.29, 0.717) is 6.54 Å². The topological polar surface area (TPSA) is 85.8 Å². The Morgan fingerprint density at radius 1 is 1.38 bits per heavy atom. The standard InChI is InChI=1S/C17H23N5O.ClH/c1-17(18)9-3-2-4-15(17)16(23)20-10-13-5-7-14(8-6-13)22-12-19-11-21-22;/h5-8,11-12,15H,2-4,9-10,18H2,1H3,(H,20,23);1H. The van der Waals surface area contributed by atoms with Crippen molar-refractivity contribution in [2.24, 2.45) is 11.7 Å². The predicted octanol–water partition coefficient (Wildman–Crippen LogP) is 2.21. The van der Waals surface area contributed by atoms with Gasteiger partial charge in [-0.3, -0.25) is 4.79 Å². The smallest absolute Gasteiger partial charge is 0.225 e. The van der Waals surface area contributed by atoms with Crippen LogP contribution in [0.15, 0.2) is 36.9 Å². The molecule has 130 valence electrons. The average Bonchev–Trinajstić information content (AvgIpc) is 3.07. The molecule has 0 aliphatic heterocycles. The van der Waals surface area contributed by atoms with Crippen LogP contribution < -0.4 is 11.1 Å². The molecule has 1 heterocycles. The molecule has 0 radical (unpaired) electrons. The van der Waals surface area contributed by atoms with Gasteiger partial charge in [0, 0.05) is 12.1 Å². The van der Waals surface area contributed by atoms with Gasteiger partial charge in [-0.15, -0.1) is 12.4 Å². The van der Waals surface area contributed by atoms with Gasteiger partial charge in [0.2, 0.25) is 5.91 Å². The lowest BCUT2D eigenvalue weighted by atomic mass is 9.74. The third kappa shape index (κ3) is 4.13. The molecule has 1 aromatic carbocycles. The predicted molar refractivity (Wildman–Crippen MR) is 95.0 cm³/mol. The summed E-state index contributed by atoms with van der Waals surface area (Å²) in [4.78, 5) is 16.4. The number of amides is 1. The van der Waals surface area contributed by atoms with E-state index in [0.717, 1.165) is 36.9 Å². The Bertz CT molecular complexity index is 654. The third-order valence-corrected chi connectivity index (χ3v) is 4.66. The number of halogens is 1. The van der Waals surface area contributed by atoms with Gasteiger partial charge < -0.3 is 11.1 Å². The van der Waals surface area contributed by atoms with Crippen LogP contribution in [0, 0.1) is 5.92 Å². The zero-order chi connectivity index (χ0) is 16.3. The maximum absolute atomic E-state index is 12.4. The van der Waals surface area contributed by atoms with Gasteiger partial charge in [0.1, 0.15) is 12.7 Å². The molecule has 6 nitrogen and oxygen atoms in total. The number of rotatable bonds is 4. The van der Waals surface area contributed by atoms with Gasteiger partial charge in [-0.1, -0.05) is 25.0 Å². The highest BCUT2D eigenvalue weighted by molar-refractivity contribution is 5.85. The highest BCUT2D eigenvalue weighted by Crippen LogP contribution is 2.31. The lowest BCUT2D eigenvalue weighted by Gasteiger charge is -2.37. The zero-order valence-corrected chi connectivity index (χ0v) is 14.6. The van der Waals surface area contributed by atoms with Crippen molar-refractivity contribution in [1.82, 2.24) is 20.1 Å². The molecule has 1 aliphatic carbocycles. The Hall–Kier alpha value is -1.92. The number of hydrogen-bond acceptors (Lipinski definition) is 4. The molecule has 0 saturated heterocycles. The highest BCUT2D eigenvalue weighted by atomic mass is 35.5. The summed E-state index contributed by atoms with van der Waals surface area (Å²) in [5.74, 6) is -0.0271. The van der Waals surface area contributed by atoms with E-state index < -0.39 is 0 Å². The number of nitrogens with zero attached hydrogens (tertiary/aromatic N) is 3. The van der Waals surface area contributed by atoms with Gasteiger partial charge in [0.25, 0.3) is 0 Å². The van der Waals surface area contributed by atoms with Gasteiger partial charge >= 0.3 is 0 Å². The maximum atomic E-state index is 12.4. The van der Waals surface area contributed by atoms with Gasteiger partial charge in [0.05, 0.1) is 11.6 Å². The summed E-state index contributed by atoms with van der Waals surface area (Å²) in [6.07, 6.45) is 7.14. The molecule has 1 aliphatic rings. The summed E-state index contributed by atoms with van der Waals surface area (Å²) in [5.41, 5.74) is 7.90. The first kappa shape index (κ1) is 18.4. The Kier molecular flexibility index (Phi) is 5.96. The van der Waals surface area contributed by atoms with Crippen LogP contribution in [0.1, 0.15) is 38.2 Å². The Labute approximate surface area is 148 Å². The van der Waals surface area contributed by atoms with Crippen molar-refractivity contribution in [1.29, 1.82) is 0 Å². The molecule has 0 spiro atoms. The van der Waals surface area contributed by atoms with E-state index in [9.17, 15) is 4.79 Å². The fourth-order valence-electron chi connectivity index (χ4n) is 3.21. The molecule has 24 heavy (non-hydrogen) atoms. The number of aromatic nitrogens is 3. The maximum Gasteiger partial charge on any atom is 0.225 e. The highest BCUT2D eigenvalue weighted by Gasteiger charge is 2.37. The first-order valence-electron chi connectivity index (χ1n) is 8.07. The van der Waals surface area contributed by atoms with Crippen molar-refractivity contribution in [3.63, 3.8) is 0 Å². The Morgan fingerprint density at radius 3 is 2.75 bits per heavy atom. The number of nitrogens with two attached hydrogens (primary N) is 1. The normalized spacial score (nSPS) is 23.3. The first-order valence-corrected chi connectivity index (χ1v) is 8.07. The van der Waals surface area contributed by atoms with Gasteiger partial charge in [-0.2, -0.15) is 5.10 Å². The van der Waals surface area contributed by atoms with E-state index in [-0.39, 0.29) is 29.8 Å². The molecule has 2 atom stereocenters. The van der Waals surface area contributed by atoms with Crippen LogP contribution in [0.2, 0.25) is 0 Å². The van der Waals surface area contributed by atoms with Crippen LogP contribution in [-0.4, -0.2) is 26.2 Å². The van der Waals surface area contributed by atoms with Gasteiger partial charge in [-0.25, -0.2) is 9.67 Å². The molecule has 7 heteroatoms. The summed E-state index contributed by atoms with van der Waals surface area (Å²) in [6, 6.07) is 7.90. The van der Waals surface area contributed by atoms with Crippen molar-refractivity contribution in [2.75, 3.05) is 0 Å². The van der Waals surface area contributed by atoms with Crippen LogP contribution in [-0.2, 0) is 11.3 Å². The Morgan fingerprint density at radius 2 is 2.12 bits per heavy atom. The molecule has 1 amide bonds. The number of benzene rings is 1. The van der Waals surface area contributed by atoms with E-state index in [1.54, 1.807) is 11.0 Å². The summed E-state index contributed by atoms with van der Waals surface area (Å²) in [5, 5.41) is 7.11. The fourth-order valence-corrected chi connectivity index (χ4v) is 3.21. The van der Waals surface area contributed by atoms with E-state index in [1.165, 1.54) is 6.33 Å². The van der Waals surface area contributed by atoms with Crippen LogP contribution in [0.25, 0.3) is 5.69 Å². The molecule has 2 aromatic rings. The van der Waals surface area contributed by atoms with E-state index in [1.807, 2.05) is 31.2 Å². The molecule has 2 unspecified atom stereocenters. The Balaban J connectivity index is 0.00000208. The second-order valence-electron chi connectivity index (χ2n) is 6.53. The molecule has 3 N–H and O–H groups in total. The molecule has 1 aromatic heterocycles. The quantitative estimate of drug-likeness (QED) is 0.886. The molecule has 0 bridgehead atoms. The number of carbonyl (C=O) groups is 1. The lowest BCUT2D eigenvalue weighted by molar-refractivity contribution is -0.128. The van der Waals surface area contributed by atoms with Crippen LogP contribution in [0.3, 0.4) is 0 Å². The fraction of sp³-hybridized carbons (Fsp3) is 0.471. The molecule has 1 fully saturated rings. The molecular formula is C17H24ClN5O. The number of nitrogens with one attached hydrogen (secondary N) is 1. The molecule has 1 saturated carbocycles. The summed E-state index contributed by atoms with van der Waals surface area (Å²) >= 11 is 0. The minimum atomic E-state index is -0.390. The largest absolute Gasteiger partial charge is 0.352 e. The SMILES string of the molecule is CC1(N)CCCCC1C(=O)NCc1ccc(-n2cncn2)cc1.Cl. The first-order chi connectivity index (χ1) is 11.1. The van der Waals surface area contributed by atoms with E-state index in [4.69, 9.17) is 5.73 Å². The zero-order valence-electron chi connectivity index (χ0n) is 13.8. The van der Waals surface area contributed by atoms with Crippen molar-refractivity contribution < 1.29 is 4.79 Å². The monoisotopic (exact) mass is 349 g/mol. The third-order valence-electron chi connectivity index (χ3n) is 4.66. The van der Waals surface area contributed by atoms with Gasteiger partial charge in [0.15, 0.2) is 0 Å².